The maximum Gasteiger partial charge on any atom is 0.321 e. The first kappa shape index (κ1) is 17.3. The van der Waals surface area contributed by atoms with Gasteiger partial charge in [-0.3, -0.25) is 15.0 Å². The Morgan fingerprint density at radius 3 is 2.04 bits per heavy atom. The molecule has 6 nitrogen and oxygen atoms in total. The molecule has 0 aromatic carbocycles. The van der Waals surface area contributed by atoms with E-state index in [1.54, 1.807) is 0 Å². The lowest BCUT2D eigenvalue weighted by Crippen LogP contribution is -2.62. The van der Waals surface area contributed by atoms with Gasteiger partial charge in [0.2, 0.25) is 5.91 Å². The fourth-order valence-electron chi connectivity index (χ4n) is 6.32. The average Bonchev–Trinajstić information content (AvgIpc) is 2.42. The highest BCUT2D eigenvalue weighted by molar-refractivity contribution is 5.95. The maximum atomic E-state index is 12.4. The maximum absolute atomic E-state index is 12.4. The summed E-state index contributed by atoms with van der Waals surface area (Å²) in [5.74, 6) is 2.11. The molecule has 2 atom stereocenters. The third-order valence-electron chi connectivity index (χ3n) is 6.53. The second kappa shape index (κ2) is 6.54. The summed E-state index contributed by atoms with van der Waals surface area (Å²) < 4.78 is 5.69. The Bertz CT molecular complexity index is 505. The molecule has 140 valence electrons. The highest BCUT2D eigenvalue weighted by atomic mass is 16.5. The van der Waals surface area contributed by atoms with Crippen molar-refractivity contribution in [1.82, 2.24) is 15.5 Å². The molecule has 5 fully saturated rings. The molecule has 1 heterocycles. The normalized spacial score (nSPS) is 43.0. The highest BCUT2D eigenvalue weighted by Crippen LogP contribution is 2.55. The molecule has 0 radical (unpaired) electrons. The number of hydrogen-bond donors (Lipinski definition) is 2. The molecular weight excluding hydrogens is 318 g/mol. The quantitative estimate of drug-likeness (QED) is 0.816. The standard InChI is InChI=1S/C19H31N3O3/c1-12-9-22(10-13(2)25-12)11-17(23)20-18(24)21-19-6-14-3-15(7-19)5-16(4-14)8-19/h12-16H,3-11H2,1-2H3,(H2,20,21,23,24)/t12-,13-,14?,15?,16?,19?/m0/s1. The van der Waals surface area contributed by atoms with E-state index in [-0.39, 0.29) is 36.2 Å². The molecule has 1 aliphatic heterocycles. The average molecular weight is 349 g/mol. The van der Waals surface area contributed by atoms with E-state index in [2.05, 4.69) is 15.5 Å². The number of ether oxygens (including phenoxy) is 1. The molecule has 4 aliphatic carbocycles. The van der Waals surface area contributed by atoms with Crippen molar-refractivity contribution in [2.24, 2.45) is 17.8 Å². The third-order valence-corrected chi connectivity index (χ3v) is 6.53. The van der Waals surface area contributed by atoms with Crippen LogP contribution < -0.4 is 10.6 Å². The lowest BCUT2D eigenvalue weighted by Gasteiger charge is -2.56. The van der Waals surface area contributed by atoms with E-state index in [1.165, 1.54) is 19.3 Å². The number of rotatable bonds is 3. The minimum atomic E-state index is -0.304. The predicted octanol–water partition coefficient (Wildman–Crippen LogP) is 1.89. The van der Waals surface area contributed by atoms with Crippen LogP contribution in [0.5, 0.6) is 0 Å². The minimum absolute atomic E-state index is 0.0545. The molecule has 5 aliphatic rings. The molecule has 1 saturated heterocycles. The Balaban J connectivity index is 1.28. The van der Waals surface area contributed by atoms with Crippen LogP contribution in [0, 0.1) is 17.8 Å². The van der Waals surface area contributed by atoms with Gasteiger partial charge in [0.1, 0.15) is 0 Å². The van der Waals surface area contributed by atoms with E-state index in [9.17, 15) is 9.59 Å². The summed E-state index contributed by atoms with van der Waals surface area (Å²) in [6.07, 6.45) is 7.56. The number of nitrogens with zero attached hydrogens (tertiary/aromatic N) is 1. The third kappa shape index (κ3) is 3.85. The number of morpholine rings is 1. The largest absolute Gasteiger partial charge is 0.373 e. The number of urea groups is 1. The Labute approximate surface area is 150 Å². The van der Waals surface area contributed by atoms with Crippen molar-refractivity contribution < 1.29 is 14.3 Å². The second-order valence-electron chi connectivity index (χ2n) is 9.15. The van der Waals surface area contributed by atoms with Crippen LogP contribution in [0.3, 0.4) is 0 Å². The second-order valence-corrected chi connectivity index (χ2v) is 9.15. The van der Waals surface area contributed by atoms with E-state index in [0.29, 0.717) is 0 Å². The molecule has 0 aromatic heterocycles. The van der Waals surface area contributed by atoms with Gasteiger partial charge in [-0.2, -0.15) is 0 Å². The number of imide groups is 1. The molecule has 5 rings (SSSR count). The summed E-state index contributed by atoms with van der Waals surface area (Å²) in [4.78, 5) is 26.8. The van der Waals surface area contributed by atoms with Crippen LogP contribution in [-0.4, -0.2) is 54.2 Å². The molecule has 4 bridgehead atoms. The Morgan fingerprint density at radius 1 is 1.00 bits per heavy atom. The van der Waals surface area contributed by atoms with Crippen molar-refractivity contribution in [1.29, 1.82) is 0 Å². The zero-order valence-corrected chi connectivity index (χ0v) is 15.4. The lowest BCUT2D eigenvalue weighted by atomic mass is 9.53. The molecule has 2 N–H and O–H groups in total. The number of hydrogen-bond acceptors (Lipinski definition) is 4. The number of carbonyl (C=O) groups excluding carboxylic acids is 2. The molecule has 0 spiro atoms. The van der Waals surface area contributed by atoms with E-state index < -0.39 is 0 Å². The van der Waals surface area contributed by atoms with Crippen molar-refractivity contribution in [3.8, 4) is 0 Å². The van der Waals surface area contributed by atoms with Crippen LogP contribution >= 0.6 is 0 Å². The van der Waals surface area contributed by atoms with Gasteiger partial charge < -0.3 is 10.1 Å². The topological polar surface area (TPSA) is 70.7 Å². The van der Waals surface area contributed by atoms with Gasteiger partial charge in [-0.1, -0.05) is 0 Å². The van der Waals surface area contributed by atoms with Gasteiger partial charge in [-0.05, 0) is 70.1 Å². The Kier molecular flexibility index (Phi) is 4.52. The fourth-order valence-corrected chi connectivity index (χ4v) is 6.32. The van der Waals surface area contributed by atoms with Crippen molar-refractivity contribution in [2.45, 2.75) is 70.1 Å². The molecule has 0 unspecified atom stereocenters. The van der Waals surface area contributed by atoms with E-state index in [4.69, 9.17) is 4.74 Å². The first-order chi connectivity index (χ1) is 11.9. The molecule has 3 amide bonds. The van der Waals surface area contributed by atoms with Crippen LogP contribution in [0.4, 0.5) is 4.79 Å². The molecule has 4 saturated carbocycles. The summed E-state index contributed by atoms with van der Waals surface area (Å²) in [6.45, 7) is 5.75. The van der Waals surface area contributed by atoms with Crippen molar-refractivity contribution in [3.05, 3.63) is 0 Å². The summed E-state index contributed by atoms with van der Waals surface area (Å²) in [6, 6.07) is -0.304. The van der Waals surface area contributed by atoms with E-state index in [1.807, 2.05) is 13.8 Å². The van der Waals surface area contributed by atoms with Crippen LogP contribution in [0.15, 0.2) is 0 Å². The zero-order valence-electron chi connectivity index (χ0n) is 15.4. The smallest absolute Gasteiger partial charge is 0.321 e. The minimum Gasteiger partial charge on any atom is -0.373 e. The summed E-state index contributed by atoms with van der Waals surface area (Å²) >= 11 is 0. The summed E-state index contributed by atoms with van der Waals surface area (Å²) in [5, 5.41) is 5.76. The number of amides is 3. The van der Waals surface area contributed by atoms with E-state index in [0.717, 1.165) is 50.1 Å². The fraction of sp³-hybridized carbons (Fsp3) is 0.895. The summed E-state index contributed by atoms with van der Waals surface area (Å²) in [7, 11) is 0. The van der Waals surface area contributed by atoms with Gasteiger partial charge in [-0.15, -0.1) is 0 Å². The van der Waals surface area contributed by atoms with Crippen LogP contribution in [0.2, 0.25) is 0 Å². The highest BCUT2D eigenvalue weighted by Gasteiger charge is 2.51. The van der Waals surface area contributed by atoms with Crippen LogP contribution in [0.25, 0.3) is 0 Å². The number of nitrogens with one attached hydrogen (secondary N) is 2. The van der Waals surface area contributed by atoms with E-state index >= 15 is 0 Å². The predicted molar refractivity (Wildman–Crippen MR) is 94.0 cm³/mol. The van der Waals surface area contributed by atoms with Crippen molar-refractivity contribution >= 4 is 11.9 Å². The molecule has 0 aromatic rings. The monoisotopic (exact) mass is 349 g/mol. The van der Waals surface area contributed by atoms with Gasteiger partial charge >= 0.3 is 6.03 Å². The van der Waals surface area contributed by atoms with Gasteiger partial charge in [-0.25, -0.2) is 4.79 Å². The zero-order chi connectivity index (χ0) is 17.6. The molecule has 6 heteroatoms. The van der Waals surface area contributed by atoms with Crippen molar-refractivity contribution in [2.75, 3.05) is 19.6 Å². The van der Waals surface area contributed by atoms with Crippen LogP contribution in [0.1, 0.15) is 52.4 Å². The van der Waals surface area contributed by atoms with Gasteiger partial charge in [0.25, 0.3) is 0 Å². The molecular formula is C19H31N3O3. The number of carbonyl (C=O) groups is 2. The first-order valence-corrected chi connectivity index (χ1v) is 9.89. The SMILES string of the molecule is C[C@H]1CN(CC(=O)NC(=O)NC23CC4CC(CC(C4)C2)C3)C[C@H](C)O1. The van der Waals surface area contributed by atoms with Gasteiger partial charge in [0.15, 0.2) is 0 Å². The van der Waals surface area contributed by atoms with Crippen molar-refractivity contribution in [3.63, 3.8) is 0 Å². The van der Waals surface area contributed by atoms with Gasteiger partial charge in [0, 0.05) is 18.6 Å². The Morgan fingerprint density at radius 2 is 1.52 bits per heavy atom. The molecule has 25 heavy (non-hydrogen) atoms. The van der Waals surface area contributed by atoms with Crippen LogP contribution in [-0.2, 0) is 9.53 Å². The first-order valence-electron chi connectivity index (χ1n) is 9.89. The van der Waals surface area contributed by atoms with Gasteiger partial charge in [0.05, 0.1) is 18.8 Å². The lowest BCUT2D eigenvalue weighted by molar-refractivity contribution is -0.124. The Hall–Kier alpha value is -1.14. The summed E-state index contributed by atoms with van der Waals surface area (Å²) in [5.41, 5.74) is -0.0545.